The van der Waals surface area contributed by atoms with Gasteiger partial charge in [-0.05, 0) is 30.3 Å². The Kier molecular flexibility index (Phi) is 3.97. The Morgan fingerprint density at radius 1 is 1.05 bits per heavy atom. The molecule has 98 valence electrons. The zero-order valence-corrected chi connectivity index (χ0v) is 10.3. The van der Waals surface area contributed by atoms with Gasteiger partial charge in [0.25, 0.3) is 0 Å². The lowest BCUT2D eigenvalue weighted by Crippen LogP contribution is -2.20. The molecule has 0 bridgehead atoms. The van der Waals surface area contributed by atoms with E-state index in [0.29, 0.717) is 16.8 Å². The van der Waals surface area contributed by atoms with Crippen LogP contribution in [0.25, 0.3) is 0 Å². The van der Waals surface area contributed by atoms with E-state index in [1.165, 1.54) is 0 Å². The Balaban J connectivity index is 2.05. The maximum Gasteiger partial charge on any atom is 0.323 e. The van der Waals surface area contributed by atoms with E-state index in [-0.39, 0.29) is 5.69 Å². The van der Waals surface area contributed by atoms with Gasteiger partial charge in [0.05, 0.1) is 5.69 Å². The second-order valence-corrected chi connectivity index (χ2v) is 4.15. The maximum absolute atomic E-state index is 13.3. The minimum absolute atomic E-state index is 0.110. The van der Waals surface area contributed by atoms with Gasteiger partial charge < -0.3 is 10.6 Å². The van der Waals surface area contributed by atoms with Crippen molar-refractivity contribution in [1.82, 2.24) is 0 Å². The number of hydrogen-bond acceptors (Lipinski definition) is 1. The van der Waals surface area contributed by atoms with Gasteiger partial charge in [-0.3, -0.25) is 0 Å². The second-order valence-electron chi connectivity index (χ2n) is 3.71. The molecule has 2 aromatic carbocycles. The molecule has 0 aliphatic heterocycles. The Bertz CT molecular complexity index is 619. The number of anilines is 2. The second kappa shape index (κ2) is 5.67. The molecular weight excluding hydrogens is 274 g/mol. The highest BCUT2D eigenvalue weighted by Crippen LogP contribution is 2.17. The van der Waals surface area contributed by atoms with Gasteiger partial charge in [0.15, 0.2) is 0 Å². The van der Waals surface area contributed by atoms with Crippen molar-refractivity contribution >= 4 is 29.0 Å². The number of nitrogens with one attached hydrogen (secondary N) is 2. The summed E-state index contributed by atoms with van der Waals surface area (Å²) >= 11 is 5.76. The molecule has 0 saturated heterocycles. The lowest BCUT2D eigenvalue weighted by molar-refractivity contribution is 0.262. The first-order valence-electron chi connectivity index (χ1n) is 5.33. The van der Waals surface area contributed by atoms with Gasteiger partial charge >= 0.3 is 6.03 Å². The van der Waals surface area contributed by atoms with Crippen LogP contribution in [0.15, 0.2) is 42.5 Å². The Morgan fingerprint density at radius 3 is 2.53 bits per heavy atom. The van der Waals surface area contributed by atoms with E-state index in [1.807, 2.05) is 0 Å². The highest BCUT2D eigenvalue weighted by molar-refractivity contribution is 6.30. The molecule has 0 aromatic heterocycles. The maximum atomic E-state index is 13.3. The average molecular weight is 283 g/mol. The van der Waals surface area contributed by atoms with Crippen LogP contribution < -0.4 is 10.6 Å². The molecule has 0 spiro atoms. The predicted molar refractivity (Wildman–Crippen MR) is 70.5 cm³/mol. The number of carbonyl (C=O) groups is 1. The van der Waals surface area contributed by atoms with E-state index in [2.05, 4.69) is 10.6 Å². The van der Waals surface area contributed by atoms with Crippen LogP contribution in [0.3, 0.4) is 0 Å². The van der Waals surface area contributed by atoms with Crippen molar-refractivity contribution in [2.45, 2.75) is 0 Å². The molecule has 0 atom stereocenters. The minimum atomic E-state index is -0.846. The van der Waals surface area contributed by atoms with Crippen molar-refractivity contribution in [3.8, 4) is 0 Å². The lowest BCUT2D eigenvalue weighted by atomic mass is 10.3. The molecule has 2 N–H and O–H groups in total. The Labute approximate surface area is 113 Å². The number of amides is 2. The summed E-state index contributed by atoms with van der Waals surface area (Å²) in [6.07, 6.45) is 0. The predicted octanol–water partition coefficient (Wildman–Crippen LogP) is 4.26. The summed E-state index contributed by atoms with van der Waals surface area (Å²) in [5, 5.41) is 5.21. The van der Waals surface area contributed by atoms with Crippen molar-refractivity contribution in [3.63, 3.8) is 0 Å². The van der Waals surface area contributed by atoms with Gasteiger partial charge in [-0.15, -0.1) is 0 Å². The molecule has 0 fully saturated rings. The molecule has 0 saturated carbocycles. The van der Waals surface area contributed by atoms with Crippen molar-refractivity contribution in [2.24, 2.45) is 0 Å². The third-order valence-electron chi connectivity index (χ3n) is 2.26. The Hall–Kier alpha value is -2.14. The first kappa shape index (κ1) is 13.3. The number of halogens is 3. The number of hydrogen-bond donors (Lipinski definition) is 2. The number of rotatable bonds is 2. The summed E-state index contributed by atoms with van der Waals surface area (Å²) in [7, 11) is 0. The standard InChI is InChI=1S/C13H9ClF2N2O/c14-8-2-1-3-10(6-8)17-13(19)18-12-5-4-9(15)7-11(12)16/h1-7H,(H2,17,18,19). The molecular formula is C13H9ClF2N2O. The molecule has 6 heteroatoms. The van der Waals surface area contributed by atoms with Crippen LogP contribution in [0.2, 0.25) is 5.02 Å². The fraction of sp³-hybridized carbons (Fsp3) is 0. The highest BCUT2D eigenvalue weighted by atomic mass is 35.5. The fourth-order valence-corrected chi connectivity index (χ4v) is 1.63. The Morgan fingerprint density at radius 2 is 1.84 bits per heavy atom. The summed E-state index contributed by atoms with van der Waals surface area (Å²) in [6.45, 7) is 0. The third-order valence-corrected chi connectivity index (χ3v) is 2.50. The fourth-order valence-electron chi connectivity index (χ4n) is 1.44. The van der Waals surface area contributed by atoms with Crippen LogP contribution in [0.4, 0.5) is 25.0 Å². The molecule has 2 amide bonds. The number of urea groups is 1. The van der Waals surface area contributed by atoms with Gasteiger partial charge in [-0.2, -0.15) is 0 Å². The van der Waals surface area contributed by atoms with Crippen molar-refractivity contribution in [1.29, 1.82) is 0 Å². The van der Waals surface area contributed by atoms with Gasteiger partial charge in [-0.1, -0.05) is 17.7 Å². The van der Waals surface area contributed by atoms with Crippen LogP contribution in [-0.2, 0) is 0 Å². The molecule has 19 heavy (non-hydrogen) atoms. The number of benzene rings is 2. The van der Waals surface area contributed by atoms with Gasteiger partial charge in [-0.25, -0.2) is 13.6 Å². The van der Waals surface area contributed by atoms with Crippen LogP contribution in [0.5, 0.6) is 0 Å². The van der Waals surface area contributed by atoms with Crippen LogP contribution in [-0.4, -0.2) is 6.03 Å². The summed E-state index contributed by atoms with van der Waals surface area (Å²) < 4.78 is 26.0. The minimum Gasteiger partial charge on any atom is -0.308 e. The molecule has 3 nitrogen and oxygen atoms in total. The van der Waals surface area contributed by atoms with Gasteiger partial charge in [0.1, 0.15) is 11.6 Å². The largest absolute Gasteiger partial charge is 0.323 e. The molecule has 0 unspecified atom stereocenters. The molecule has 0 heterocycles. The molecule has 2 aromatic rings. The van der Waals surface area contributed by atoms with Crippen molar-refractivity contribution in [3.05, 3.63) is 59.1 Å². The van der Waals surface area contributed by atoms with E-state index in [4.69, 9.17) is 11.6 Å². The quantitative estimate of drug-likeness (QED) is 0.849. The molecule has 2 rings (SSSR count). The van der Waals surface area contributed by atoms with E-state index >= 15 is 0 Å². The van der Waals surface area contributed by atoms with Crippen molar-refractivity contribution < 1.29 is 13.6 Å². The molecule has 0 aliphatic carbocycles. The molecule has 0 radical (unpaired) electrons. The van der Waals surface area contributed by atoms with E-state index in [9.17, 15) is 13.6 Å². The van der Waals surface area contributed by atoms with Gasteiger partial charge in [0, 0.05) is 16.8 Å². The first-order chi connectivity index (χ1) is 9.04. The summed E-state index contributed by atoms with van der Waals surface area (Å²) in [5.41, 5.74) is 0.355. The zero-order chi connectivity index (χ0) is 13.8. The highest BCUT2D eigenvalue weighted by Gasteiger charge is 2.08. The van der Waals surface area contributed by atoms with E-state index in [1.54, 1.807) is 24.3 Å². The summed E-state index contributed by atoms with van der Waals surface area (Å²) in [5.74, 6) is -1.56. The monoisotopic (exact) mass is 282 g/mol. The SMILES string of the molecule is O=C(Nc1cccc(Cl)c1)Nc1ccc(F)cc1F. The van der Waals surface area contributed by atoms with Crippen LogP contribution in [0.1, 0.15) is 0 Å². The van der Waals surface area contributed by atoms with Crippen LogP contribution >= 0.6 is 11.6 Å². The zero-order valence-electron chi connectivity index (χ0n) is 9.58. The summed E-state index contributed by atoms with van der Waals surface area (Å²) in [4.78, 5) is 11.6. The smallest absolute Gasteiger partial charge is 0.308 e. The first-order valence-corrected chi connectivity index (χ1v) is 5.71. The van der Waals surface area contributed by atoms with Crippen molar-refractivity contribution in [2.75, 3.05) is 10.6 Å². The lowest BCUT2D eigenvalue weighted by Gasteiger charge is -2.08. The number of carbonyl (C=O) groups excluding carboxylic acids is 1. The molecule has 0 aliphatic rings. The third kappa shape index (κ3) is 3.66. The van der Waals surface area contributed by atoms with Crippen LogP contribution in [0, 0.1) is 11.6 Å². The van der Waals surface area contributed by atoms with E-state index < -0.39 is 17.7 Å². The normalized spacial score (nSPS) is 10.1. The summed E-state index contributed by atoms with van der Waals surface area (Å²) in [6, 6.07) is 8.73. The van der Waals surface area contributed by atoms with Gasteiger partial charge in [0.2, 0.25) is 0 Å². The van der Waals surface area contributed by atoms with E-state index in [0.717, 1.165) is 12.1 Å². The average Bonchev–Trinajstić information content (AvgIpc) is 2.33. The topological polar surface area (TPSA) is 41.1 Å².